The van der Waals surface area contributed by atoms with Crippen molar-refractivity contribution in [1.82, 2.24) is 14.7 Å². The molecule has 27 heavy (non-hydrogen) atoms. The number of piperidine rings is 1. The number of aryl methyl sites for hydroxylation is 1. The summed E-state index contributed by atoms with van der Waals surface area (Å²) in [5, 5.41) is 3.15. The van der Waals surface area contributed by atoms with E-state index in [0.29, 0.717) is 5.92 Å². The predicted octanol–water partition coefficient (Wildman–Crippen LogP) is 2.55. The number of carbonyl (C=O) groups excluding carboxylic acids is 1. The number of benzene rings is 1. The van der Waals surface area contributed by atoms with Gasteiger partial charge in [0.1, 0.15) is 0 Å². The standard InChI is InChI=1S/C21H35N5O/c1-17-7-8-19(23(2)3)14-20(17)22-21(27)26-9-5-6-18(16-26)15-25-12-10-24(4)11-13-25/h7-8,14,18H,5-6,9-13,15-16H2,1-4H3,(H,22,27)/t18-/m0/s1. The van der Waals surface area contributed by atoms with Crippen LogP contribution in [0.15, 0.2) is 18.2 Å². The molecule has 2 saturated heterocycles. The zero-order valence-corrected chi connectivity index (χ0v) is 17.4. The van der Waals surface area contributed by atoms with Crippen molar-refractivity contribution in [2.45, 2.75) is 19.8 Å². The number of nitrogens with zero attached hydrogens (tertiary/aromatic N) is 4. The zero-order valence-electron chi connectivity index (χ0n) is 17.4. The summed E-state index contributed by atoms with van der Waals surface area (Å²) in [4.78, 5) is 21.9. The minimum atomic E-state index is 0.0390. The normalized spacial score (nSPS) is 21.9. The second kappa shape index (κ2) is 8.93. The summed E-state index contributed by atoms with van der Waals surface area (Å²) in [7, 11) is 6.23. The van der Waals surface area contributed by atoms with E-state index in [-0.39, 0.29) is 6.03 Å². The molecule has 0 unspecified atom stereocenters. The molecule has 1 aromatic rings. The number of rotatable bonds is 4. The van der Waals surface area contributed by atoms with Crippen molar-refractivity contribution in [1.29, 1.82) is 0 Å². The maximum atomic E-state index is 12.9. The van der Waals surface area contributed by atoms with Crippen LogP contribution >= 0.6 is 0 Å². The van der Waals surface area contributed by atoms with E-state index in [1.165, 1.54) is 6.42 Å². The van der Waals surface area contributed by atoms with Gasteiger partial charge < -0.3 is 24.9 Å². The van der Waals surface area contributed by atoms with Crippen molar-refractivity contribution >= 4 is 17.4 Å². The Balaban J connectivity index is 1.56. The van der Waals surface area contributed by atoms with Gasteiger partial charge in [-0.2, -0.15) is 0 Å². The van der Waals surface area contributed by atoms with Gasteiger partial charge in [0.15, 0.2) is 0 Å². The van der Waals surface area contributed by atoms with Gasteiger partial charge in [0, 0.05) is 71.3 Å². The first-order valence-corrected chi connectivity index (χ1v) is 10.2. The molecular weight excluding hydrogens is 338 g/mol. The second-order valence-electron chi connectivity index (χ2n) is 8.38. The van der Waals surface area contributed by atoms with Gasteiger partial charge in [0.25, 0.3) is 0 Å². The van der Waals surface area contributed by atoms with Gasteiger partial charge in [-0.1, -0.05) is 6.07 Å². The number of likely N-dealkylation sites (N-methyl/N-ethyl adjacent to an activating group) is 1. The first kappa shape index (κ1) is 20.0. The van der Waals surface area contributed by atoms with Crippen LogP contribution in [0.2, 0.25) is 0 Å². The monoisotopic (exact) mass is 373 g/mol. The van der Waals surface area contributed by atoms with Crippen LogP contribution in [0.25, 0.3) is 0 Å². The Morgan fingerprint density at radius 2 is 1.93 bits per heavy atom. The number of carbonyl (C=O) groups is 1. The lowest BCUT2D eigenvalue weighted by atomic mass is 9.97. The molecule has 2 amide bonds. The SMILES string of the molecule is Cc1ccc(N(C)C)cc1NC(=O)N1CCC[C@@H](CN2CCN(C)CC2)C1. The Kier molecular flexibility index (Phi) is 6.60. The molecule has 6 heteroatoms. The number of urea groups is 1. The minimum absolute atomic E-state index is 0.0390. The number of amides is 2. The van der Waals surface area contributed by atoms with Gasteiger partial charge in [-0.05, 0) is 50.4 Å². The van der Waals surface area contributed by atoms with Crippen molar-refractivity contribution < 1.29 is 4.79 Å². The summed E-state index contributed by atoms with van der Waals surface area (Å²) >= 11 is 0. The first-order chi connectivity index (χ1) is 12.9. The average Bonchev–Trinajstić information content (AvgIpc) is 2.65. The Morgan fingerprint density at radius 1 is 1.19 bits per heavy atom. The highest BCUT2D eigenvalue weighted by molar-refractivity contribution is 5.91. The molecule has 2 aliphatic rings. The van der Waals surface area contributed by atoms with E-state index < -0.39 is 0 Å². The number of hydrogen-bond acceptors (Lipinski definition) is 4. The van der Waals surface area contributed by atoms with E-state index in [1.807, 2.05) is 25.9 Å². The van der Waals surface area contributed by atoms with Crippen LogP contribution < -0.4 is 10.2 Å². The third kappa shape index (κ3) is 5.36. The van der Waals surface area contributed by atoms with Crippen LogP contribution in [0.5, 0.6) is 0 Å². The summed E-state index contributed by atoms with van der Waals surface area (Å²) in [6.45, 7) is 9.48. The van der Waals surface area contributed by atoms with Crippen molar-refractivity contribution in [2.24, 2.45) is 5.92 Å². The molecule has 0 spiro atoms. The Labute approximate surface area is 164 Å². The quantitative estimate of drug-likeness (QED) is 0.881. The van der Waals surface area contributed by atoms with Crippen molar-refractivity contribution in [3.05, 3.63) is 23.8 Å². The molecule has 0 aromatic heterocycles. The molecule has 1 aromatic carbocycles. The van der Waals surface area contributed by atoms with E-state index in [2.05, 4.69) is 45.3 Å². The van der Waals surface area contributed by atoms with Crippen molar-refractivity contribution in [3.63, 3.8) is 0 Å². The molecule has 6 nitrogen and oxygen atoms in total. The van der Waals surface area contributed by atoms with Gasteiger partial charge in [0.05, 0.1) is 0 Å². The summed E-state index contributed by atoms with van der Waals surface area (Å²) in [5.41, 5.74) is 3.11. The molecule has 2 aliphatic heterocycles. The third-order valence-corrected chi connectivity index (χ3v) is 5.90. The van der Waals surface area contributed by atoms with E-state index in [9.17, 15) is 4.79 Å². The van der Waals surface area contributed by atoms with Crippen molar-refractivity contribution in [2.75, 3.05) is 77.2 Å². The fourth-order valence-electron chi connectivity index (χ4n) is 4.01. The fraction of sp³-hybridized carbons (Fsp3) is 0.667. The smallest absolute Gasteiger partial charge is 0.321 e. The maximum absolute atomic E-state index is 12.9. The van der Waals surface area contributed by atoms with E-state index in [4.69, 9.17) is 0 Å². The summed E-state index contributed by atoms with van der Waals surface area (Å²) in [6.07, 6.45) is 2.33. The average molecular weight is 374 g/mol. The van der Waals surface area contributed by atoms with Crippen LogP contribution in [0.3, 0.4) is 0 Å². The molecule has 0 aliphatic carbocycles. The summed E-state index contributed by atoms with van der Waals surface area (Å²) in [6, 6.07) is 6.24. The lowest BCUT2D eigenvalue weighted by Gasteiger charge is -2.38. The van der Waals surface area contributed by atoms with Crippen LogP contribution in [-0.4, -0.2) is 87.7 Å². The highest BCUT2D eigenvalue weighted by Crippen LogP contribution is 2.24. The molecule has 1 atom stereocenters. The highest BCUT2D eigenvalue weighted by atomic mass is 16.2. The van der Waals surface area contributed by atoms with Crippen LogP contribution in [-0.2, 0) is 0 Å². The van der Waals surface area contributed by atoms with Crippen molar-refractivity contribution in [3.8, 4) is 0 Å². The summed E-state index contributed by atoms with van der Waals surface area (Å²) < 4.78 is 0. The maximum Gasteiger partial charge on any atom is 0.321 e. The van der Waals surface area contributed by atoms with Crippen LogP contribution in [0, 0.1) is 12.8 Å². The Hall–Kier alpha value is -1.79. The topological polar surface area (TPSA) is 42.1 Å². The molecule has 3 rings (SSSR count). The highest BCUT2D eigenvalue weighted by Gasteiger charge is 2.26. The molecule has 1 N–H and O–H groups in total. The van der Waals surface area contributed by atoms with Crippen LogP contribution in [0.1, 0.15) is 18.4 Å². The van der Waals surface area contributed by atoms with E-state index in [0.717, 1.165) is 69.2 Å². The molecule has 0 radical (unpaired) electrons. The Bertz CT molecular complexity index is 639. The number of piperazine rings is 1. The second-order valence-corrected chi connectivity index (χ2v) is 8.38. The number of hydrogen-bond donors (Lipinski definition) is 1. The number of likely N-dealkylation sites (tertiary alicyclic amines) is 1. The van der Waals surface area contributed by atoms with Gasteiger partial charge in [-0.3, -0.25) is 0 Å². The lowest BCUT2D eigenvalue weighted by molar-refractivity contribution is 0.109. The fourth-order valence-corrected chi connectivity index (χ4v) is 4.01. The van der Waals surface area contributed by atoms with Gasteiger partial charge in [-0.25, -0.2) is 4.79 Å². The van der Waals surface area contributed by atoms with Gasteiger partial charge in [0.2, 0.25) is 0 Å². The first-order valence-electron chi connectivity index (χ1n) is 10.2. The molecule has 2 fully saturated rings. The molecule has 150 valence electrons. The number of anilines is 2. The third-order valence-electron chi connectivity index (χ3n) is 5.90. The largest absolute Gasteiger partial charge is 0.378 e. The molecule has 2 heterocycles. The summed E-state index contributed by atoms with van der Waals surface area (Å²) in [5.74, 6) is 0.585. The minimum Gasteiger partial charge on any atom is -0.378 e. The zero-order chi connectivity index (χ0) is 19.4. The predicted molar refractivity (Wildman–Crippen MR) is 113 cm³/mol. The Morgan fingerprint density at radius 3 is 2.63 bits per heavy atom. The lowest BCUT2D eigenvalue weighted by Crippen LogP contribution is -2.49. The molecular formula is C21H35N5O. The van der Waals surface area contributed by atoms with Crippen LogP contribution in [0.4, 0.5) is 16.2 Å². The van der Waals surface area contributed by atoms with Gasteiger partial charge in [-0.15, -0.1) is 0 Å². The van der Waals surface area contributed by atoms with Gasteiger partial charge >= 0.3 is 6.03 Å². The molecule has 0 bridgehead atoms. The van der Waals surface area contributed by atoms with E-state index in [1.54, 1.807) is 0 Å². The van der Waals surface area contributed by atoms with E-state index >= 15 is 0 Å². The number of nitrogens with one attached hydrogen (secondary N) is 1. The molecule has 0 saturated carbocycles.